The van der Waals surface area contributed by atoms with E-state index in [1.807, 2.05) is 23.7 Å². The molecule has 1 amide bonds. The monoisotopic (exact) mass is 447 g/mol. The van der Waals surface area contributed by atoms with Gasteiger partial charge in [-0.2, -0.15) is 5.10 Å². The van der Waals surface area contributed by atoms with Crippen LogP contribution in [0.4, 0.5) is 4.39 Å². The average Bonchev–Trinajstić information content (AvgIpc) is 3.08. The number of aryl methyl sites for hydroxylation is 1. The lowest BCUT2D eigenvalue weighted by molar-refractivity contribution is 0.0955. The van der Waals surface area contributed by atoms with Crippen molar-refractivity contribution in [2.45, 2.75) is 10.9 Å². The third kappa shape index (κ3) is 5.24. The maximum absolute atomic E-state index is 13.6. The predicted molar refractivity (Wildman–Crippen MR) is 106 cm³/mol. The summed E-state index contributed by atoms with van der Waals surface area (Å²) in [5.41, 5.74) is 4.20. The number of rotatable bonds is 6. The minimum atomic E-state index is -0.416. The molecule has 0 aliphatic rings. The minimum Gasteiger partial charge on any atom is -0.312 e. The van der Waals surface area contributed by atoms with E-state index in [4.69, 9.17) is 0 Å². The molecule has 2 aromatic carbocycles. The molecule has 0 fully saturated rings. The van der Waals surface area contributed by atoms with Gasteiger partial charge in [0.25, 0.3) is 5.91 Å². The summed E-state index contributed by atoms with van der Waals surface area (Å²) < 4.78 is 16.2. The fraction of sp³-hybridized carbons (Fsp3) is 0.111. The Bertz CT molecular complexity index is 974. The highest BCUT2D eigenvalue weighted by molar-refractivity contribution is 9.10. The van der Waals surface area contributed by atoms with E-state index in [0.717, 1.165) is 20.9 Å². The average molecular weight is 448 g/mol. The molecule has 27 heavy (non-hydrogen) atoms. The van der Waals surface area contributed by atoms with E-state index in [1.165, 1.54) is 12.3 Å². The molecule has 138 valence electrons. The third-order valence-electron chi connectivity index (χ3n) is 3.58. The van der Waals surface area contributed by atoms with E-state index in [0.29, 0.717) is 5.56 Å². The minimum absolute atomic E-state index is 0.279. The Hall–Kier alpha value is -2.52. The Morgan fingerprint density at radius 1 is 1.33 bits per heavy atom. The highest BCUT2D eigenvalue weighted by Crippen LogP contribution is 2.20. The number of nitrogens with one attached hydrogen (secondary N) is 1. The maximum atomic E-state index is 13.6. The number of aromatic nitrogens is 3. The fourth-order valence-corrected chi connectivity index (χ4v) is 3.36. The normalized spacial score (nSPS) is 11.1. The molecule has 1 N–H and O–H groups in total. The molecule has 0 saturated carbocycles. The Labute approximate surface area is 168 Å². The second-order valence-electron chi connectivity index (χ2n) is 5.57. The molecule has 1 heterocycles. The lowest BCUT2D eigenvalue weighted by Gasteiger charge is -2.04. The van der Waals surface area contributed by atoms with E-state index in [1.54, 1.807) is 42.4 Å². The van der Waals surface area contributed by atoms with Crippen molar-refractivity contribution in [1.29, 1.82) is 0 Å². The molecular weight excluding hydrogens is 433 g/mol. The molecule has 0 saturated heterocycles. The van der Waals surface area contributed by atoms with Crippen molar-refractivity contribution in [3.05, 3.63) is 75.8 Å². The van der Waals surface area contributed by atoms with Gasteiger partial charge in [-0.05, 0) is 35.9 Å². The summed E-state index contributed by atoms with van der Waals surface area (Å²) in [6.07, 6.45) is 2.92. The zero-order chi connectivity index (χ0) is 19.2. The van der Waals surface area contributed by atoms with Crippen molar-refractivity contribution in [3.8, 4) is 0 Å². The molecule has 9 heteroatoms. The van der Waals surface area contributed by atoms with Crippen LogP contribution in [-0.2, 0) is 12.8 Å². The lowest BCUT2D eigenvalue weighted by atomic mass is 10.1. The van der Waals surface area contributed by atoms with Gasteiger partial charge >= 0.3 is 0 Å². The van der Waals surface area contributed by atoms with Crippen LogP contribution in [0.15, 0.2) is 63.5 Å². The second-order valence-corrected chi connectivity index (χ2v) is 7.43. The molecule has 0 aliphatic carbocycles. The standard InChI is InChI=1S/C18H15BrFN5OS/c1-25-11-22-24-18(25)27-10-12-2-4-13(5-3-12)17(26)23-21-9-14-8-15(19)6-7-16(14)20/h2-9,11H,10H2,1H3,(H,23,26)/b21-9+. The van der Waals surface area contributed by atoms with Crippen LogP contribution in [0.5, 0.6) is 0 Å². The molecule has 3 aromatic rings. The Morgan fingerprint density at radius 3 is 2.81 bits per heavy atom. The van der Waals surface area contributed by atoms with E-state index in [2.05, 4.69) is 36.7 Å². The zero-order valence-corrected chi connectivity index (χ0v) is 16.7. The summed E-state index contributed by atoms with van der Waals surface area (Å²) in [4.78, 5) is 12.1. The summed E-state index contributed by atoms with van der Waals surface area (Å²) in [6.45, 7) is 0. The number of thioether (sulfide) groups is 1. The number of carbonyl (C=O) groups is 1. The first-order valence-corrected chi connectivity index (χ1v) is 9.65. The Morgan fingerprint density at radius 2 is 2.11 bits per heavy atom. The van der Waals surface area contributed by atoms with Gasteiger partial charge in [0.2, 0.25) is 0 Å². The summed E-state index contributed by atoms with van der Waals surface area (Å²) in [5, 5.41) is 12.5. The van der Waals surface area contributed by atoms with Crippen LogP contribution in [0.2, 0.25) is 0 Å². The third-order valence-corrected chi connectivity index (χ3v) is 5.18. The highest BCUT2D eigenvalue weighted by Gasteiger charge is 2.06. The quantitative estimate of drug-likeness (QED) is 0.354. The number of benzene rings is 2. The van der Waals surface area contributed by atoms with Gasteiger partial charge in [0.15, 0.2) is 5.16 Å². The van der Waals surface area contributed by atoms with Crippen LogP contribution in [-0.4, -0.2) is 26.9 Å². The molecule has 0 bridgehead atoms. The van der Waals surface area contributed by atoms with Crippen LogP contribution in [0.3, 0.4) is 0 Å². The maximum Gasteiger partial charge on any atom is 0.271 e. The molecule has 0 radical (unpaired) electrons. The van der Waals surface area contributed by atoms with Crippen LogP contribution < -0.4 is 5.43 Å². The number of hydrazone groups is 1. The first kappa shape index (κ1) is 19.2. The second kappa shape index (κ2) is 8.92. The predicted octanol–water partition coefficient (Wildman–Crippen LogP) is 3.77. The smallest absolute Gasteiger partial charge is 0.271 e. The van der Waals surface area contributed by atoms with Gasteiger partial charge in [-0.1, -0.05) is 39.8 Å². The van der Waals surface area contributed by atoms with Crippen LogP contribution in [0.25, 0.3) is 0 Å². The van der Waals surface area contributed by atoms with E-state index >= 15 is 0 Å². The first-order chi connectivity index (χ1) is 13.0. The molecule has 3 rings (SSSR count). The highest BCUT2D eigenvalue weighted by atomic mass is 79.9. The van der Waals surface area contributed by atoms with Crippen molar-refractivity contribution >= 4 is 39.8 Å². The van der Waals surface area contributed by atoms with E-state index < -0.39 is 5.82 Å². The molecular formula is C18H15BrFN5OS. The van der Waals surface area contributed by atoms with Crippen molar-refractivity contribution in [1.82, 2.24) is 20.2 Å². The van der Waals surface area contributed by atoms with Crippen molar-refractivity contribution < 1.29 is 9.18 Å². The molecule has 0 unspecified atom stereocenters. The molecule has 0 aliphatic heterocycles. The van der Waals surface area contributed by atoms with Gasteiger partial charge in [-0.3, -0.25) is 4.79 Å². The van der Waals surface area contributed by atoms with E-state index in [9.17, 15) is 9.18 Å². The fourth-order valence-electron chi connectivity index (χ4n) is 2.14. The molecule has 1 aromatic heterocycles. The number of hydrogen-bond donors (Lipinski definition) is 1. The lowest BCUT2D eigenvalue weighted by Crippen LogP contribution is -2.17. The summed E-state index contributed by atoms with van der Waals surface area (Å²) in [5.74, 6) is -0.0653. The van der Waals surface area contributed by atoms with Gasteiger partial charge in [0.1, 0.15) is 12.1 Å². The van der Waals surface area contributed by atoms with Gasteiger partial charge in [0, 0.05) is 28.4 Å². The first-order valence-electron chi connectivity index (χ1n) is 7.87. The molecule has 6 nitrogen and oxygen atoms in total. The SMILES string of the molecule is Cn1cnnc1SCc1ccc(C(=O)N/N=C/c2cc(Br)ccc2F)cc1. The Kier molecular flexibility index (Phi) is 6.36. The van der Waals surface area contributed by atoms with Crippen LogP contribution in [0, 0.1) is 5.82 Å². The van der Waals surface area contributed by atoms with Gasteiger partial charge < -0.3 is 4.57 Å². The number of carbonyl (C=O) groups excluding carboxylic acids is 1. The largest absolute Gasteiger partial charge is 0.312 e. The summed E-state index contributed by atoms with van der Waals surface area (Å²) in [6, 6.07) is 11.7. The summed E-state index contributed by atoms with van der Waals surface area (Å²) >= 11 is 4.82. The number of hydrogen-bond acceptors (Lipinski definition) is 5. The van der Waals surface area contributed by atoms with Crippen LogP contribution >= 0.6 is 27.7 Å². The summed E-state index contributed by atoms with van der Waals surface area (Å²) in [7, 11) is 1.89. The van der Waals surface area contributed by atoms with Gasteiger partial charge in [-0.25, -0.2) is 9.82 Å². The van der Waals surface area contributed by atoms with Gasteiger partial charge in [-0.15, -0.1) is 10.2 Å². The van der Waals surface area contributed by atoms with Crippen molar-refractivity contribution in [2.24, 2.45) is 12.1 Å². The zero-order valence-electron chi connectivity index (χ0n) is 14.3. The van der Waals surface area contributed by atoms with Crippen molar-refractivity contribution in [3.63, 3.8) is 0 Å². The molecule has 0 atom stereocenters. The number of halogens is 2. The molecule has 0 spiro atoms. The topological polar surface area (TPSA) is 72.2 Å². The number of nitrogens with zero attached hydrogens (tertiary/aromatic N) is 4. The Balaban J connectivity index is 1.56. The van der Waals surface area contributed by atoms with Crippen LogP contribution in [0.1, 0.15) is 21.5 Å². The van der Waals surface area contributed by atoms with Gasteiger partial charge in [0.05, 0.1) is 6.21 Å². The van der Waals surface area contributed by atoms with Crippen molar-refractivity contribution in [2.75, 3.05) is 0 Å². The van der Waals surface area contributed by atoms with E-state index in [-0.39, 0.29) is 11.5 Å². The number of amides is 1.